The fourth-order valence-corrected chi connectivity index (χ4v) is 0.790. The van der Waals surface area contributed by atoms with E-state index in [4.69, 9.17) is 22.3 Å². The Labute approximate surface area is 60.6 Å². The molecule has 4 heteroatoms. The van der Waals surface area contributed by atoms with Crippen LogP contribution in [0.5, 0.6) is 0 Å². The third kappa shape index (κ3) is 2.05. The van der Waals surface area contributed by atoms with Crippen LogP contribution in [0.3, 0.4) is 0 Å². The topological polar surface area (TPSA) is 99.7 Å². The predicted molar refractivity (Wildman–Crippen MR) is 41.9 cm³/mol. The number of hydrogen-bond donors (Lipinski definition) is 4. The average Bonchev–Trinajstić information content (AvgIpc) is 1.59. The second-order valence-corrected chi connectivity index (χ2v) is 2.42. The van der Waals surface area contributed by atoms with Crippen molar-refractivity contribution in [2.45, 2.75) is 13.8 Å². The molecule has 0 unspecified atom stereocenters. The van der Waals surface area contributed by atoms with Gasteiger partial charge in [-0.15, -0.1) is 0 Å². The molecule has 0 aromatic carbocycles. The molecule has 0 aliphatic rings. The molecule has 10 heavy (non-hydrogen) atoms. The van der Waals surface area contributed by atoms with Crippen molar-refractivity contribution in [2.75, 3.05) is 0 Å². The standard InChI is InChI=1S/C6H13N4/c1-3(2)4(5(7)8)6(9)10/h4H,1-2H3,(H3,7,8)(H3,9,10). The molecule has 0 saturated heterocycles. The molecule has 0 amide bonds. The van der Waals surface area contributed by atoms with Crippen LogP contribution in [0.2, 0.25) is 0 Å². The Morgan fingerprint density at radius 3 is 1.40 bits per heavy atom. The highest BCUT2D eigenvalue weighted by atomic mass is 14.8. The molecule has 0 rings (SSSR count). The maximum absolute atomic E-state index is 7.05. The van der Waals surface area contributed by atoms with E-state index in [1.54, 1.807) is 13.8 Å². The maximum Gasteiger partial charge on any atom is 0.102 e. The van der Waals surface area contributed by atoms with Crippen LogP contribution >= 0.6 is 0 Å². The minimum Gasteiger partial charge on any atom is -0.387 e. The zero-order valence-corrected chi connectivity index (χ0v) is 6.23. The van der Waals surface area contributed by atoms with Crippen LogP contribution in [-0.4, -0.2) is 11.7 Å². The Hall–Kier alpha value is -1.06. The summed E-state index contributed by atoms with van der Waals surface area (Å²) >= 11 is 0. The van der Waals surface area contributed by atoms with Gasteiger partial charge in [-0.25, -0.2) is 0 Å². The SMILES string of the molecule is C[C](C)C(C(=N)N)C(=N)N. The highest BCUT2D eigenvalue weighted by Crippen LogP contribution is 2.11. The summed E-state index contributed by atoms with van der Waals surface area (Å²) in [5.74, 6) is 0.278. The van der Waals surface area contributed by atoms with Crippen LogP contribution < -0.4 is 11.5 Å². The summed E-state index contributed by atoms with van der Waals surface area (Å²) in [7, 11) is 0. The maximum atomic E-state index is 7.05. The van der Waals surface area contributed by atoms with Gasteiger partial charge in [-0.3, -0.25) is 10.8 Å². The van der Waals surface area contributed by atoms with E-state index in [1.807, 2.05) is 0 Å². The molecule has 57 valence electrons. The summed E-state index contributed by atoms with van der Waals surface area (Å²) in [5, 5.41) is 14.1. The lowest BCUT2D eigenvalue weighted by Gasteiger charge is -2.16. The van der Waals surface area contributed by atoms with Crippen LogP contribution in [0.15, 0.2) is 0 Å². The highest BCUT2D eigenvalue weighted by molar-refractivity contribution is 6.03. The molecule has 0 aliphatic heterocycles. The first-order valence-corrected chi connectivity index (χ1v) is 2.94. The summed E-state index contributed by atoms with van der Waals surface area (Å²) in [6.45, 7) is 3.60. The number of amidine groups is 2. The van der Waals surface area contributed by atoms with Crippen LogP contribution in [0.4, 0.5) is 0 Å². The Kier molecular flexibility index (Phi) is 2.86. The fourth-order valence-electron chi connectivity index (χ4n) is 0.790. The number of nitrogens with two attached hydrogens (primary N) is 2. The molecule has 0 fully saturated rings. The van der Waals surface area contributed by atoms with Gasteiger partial charge in [-0.1, -0.05) is 13.8 Å². The molecule has 0 aromatic rings. The van der Waals surface area contributed by atoms with Crippen LogP contribution in [0, 0.1) is 22.7 Å². The molecule has 0 saturated carbocycles. The first kappa shape index (κ1) is 8.94. The number of nitrogens with one attached hydrogen (secondary N) is 2. The minimum atomic E-state index is -0.472. The van der Waals surface area contributed by atoms with Gasteiger partial charge in [0.2, 0.25) is 0 Å². The monoisotopic (exact) mass is 141 g/mol. The molecule has 4 nitrogen and oxygen atoms in total. The zero-order chi connectivity index (χ0) is 8.31. The number of hydrogen-bond acceptors (Lipinski definition) is 2. The van der Waals surface area contributed by atoms with Gasteiger partial charge in [-0.05, 0) is 5.92 Å². The second-order valence-electron chi connectivity index (χ2n) is 2.42. The normalized spacial score (nSPS) is 13.1. The van der Waals surface area contributed by atoms with Gasteiger partial charge in [0.1, 0.15) is 11.7 Å². The van der Waals surface area contributed by atoms with Gasteiger partial charge in [0.25, 0.3) is 0 Å². The third-order valence-corrected chi connectivity index (χ3v) is 1.20. The largest absolute Gasteiger partial charge is 0.387 e. The number of rotatable bonds is 3. The molecule has 0 bridgehead atoms. The minimum absolute atomic E-state index is 0.0625. The van der Waals surface area contributed by atoms with Crippen LogP contribution in [-0.2, 0) is 0 Å². The van der Waals surface area contributed by atoms with Crippen molar-refractivity contribution in [3.05, 3.63) is 5.92 Å². The van der Waals surface area contributed by atoms with Gasteiger partial charge in [0.15, 0.2) is 0 Å². The van der Waals surface area contributed by atoms with E-state index >= 15 is 0 Å². The van der Waals surface area contributed by atoms with E-state index in [0.29, 0.717) is 0 Å². The summed E-state index contributed by atoms with van der Waals surface area (Å²) in [5.41, 5.74) is 10.4. The van der Waals surface area contributed by atoms with Crippen molar-refractivity contribution in [3.63, 3.8) is 0 Å². The lowest BCUT2D eigenvalue weighted by Crippen LogP contribution is -2.36. The van der Waals surface area contributed by atoms with E-state index in [1.165, 1.54) is 0 Å². The Morgan fingerprint density at radius 2 is 1.40 bits per heavy atom. The van der Waals surface area contributed by atoms with Crippen molar-refractivity contribution in [3.8, 4) is 0 Å². The van der Waals surface area contributed by atoms with Crippen LogP contribution in [0.25, 0.3) is 0 Å². The third-order valence-electron chi connectivity index (χ3n) is 1.20. The van der Waals surface area contributed by atoms with Crippen molar-refractivity contribution in [1.29, 1.82) is 10.8 Å². The van der Waals surface area contributed by atoms with Crippen molar-refractivity contribution < 1.29 is 0 Å². The quantitative estimate of drug-likeness (QED) is 0.331. The molecule has 0 atom stereocenters. The van der Waals surface area contributed by atoms with Gasteiger partial charge < -0.3 is 11.5 Å². The summed E-state index contributed by atoms with van der Waals surface area (Å²) < 4.78 is 0. The van der Waals surface area contributed by atoms with Gasteiger partial charge in [0.05, 0.1) is 5.92 Å². The molecule has 0 aromatic heterocycles. The Bertz CT molecular complexity index is 136. The van der Waals surface area contributed by atoms with E-state index in [0.717, 1.165) is 5.92 Å². The molecular weight excluding hydrogens is 128 g/mol. The summed E-state index contributed by atoms with van der Waals surface area (Å²) in [6.07, 6.45) is 0. The summed E-state index contributed by atoms with van der Waals surface area (Å²) in [6, 6.07) is 0. The molecule has 0 heterocycles. The van der Waals surface area contributed by atoms with E-state index in [-0.39, 0.29) is 11.7 Å². The first-order valence-electron chi connectivity index (χ1n) is 2.94. The Balaban J connectivity index is 4.27. The molecule has 6 N–H and O–H groups in total. The van der Waals surface area contributed by atoms with Gasteiger partial charge >= 0.3 is 0 Å². The lowest BCUT2D eigenvalue weighted by molar-refractivity contribution is 0.869. The van der Waals surface area contributed by atoms with Gasteiger partial charge in [-0.2, -0.15) is 0 Å². The molecule has 0 aliphatic carbocycles. The molecule has 0 spiro atoms. The van der Waals surface area contributed by atoms with E-state index in [2.05, 4.69) is 0 Å². The van der Waals surface area contributed by atoms with E-state index in [9.17, 15) is 0 Å². The van der Waals surface area contributed by atoms with Crippen molar-refractivity contribution in [2.24, 2.45) is 17.4 Å². The average molecular weight is 141 g/mol. The molecule has 1 radical (unpaired) electrons. The Morgan fingerprint density at radius 1 is 1.10 bits per heavy atom. The first-order chi connectivity index (χ1) is 4.46. The lowest BCUT2D eigenvalue weighted by atomic mass is 9.94. The van der Waals surface area contributed by atoms with Gasteiger partial charge in [0, 0.05) is 0 Å². The summed E-state index contributed by atoms with van der Waals surface area (Å²) in [4.78, 5) is 0. The zero-order valence-electron chi connectivity index (χ0n) is 6.23. The smallest absolute Gasteiger partial charge is 0.102 e. The fraction of sp³-hybridized carbons (Fsp3) is 0.500. The highest BCUT2D eigenvalue weighted by Gasteiger charge is 2.19. The second kappa shape index (κ2) is 3.20. The van der Waals surface area contributed by atoms with E-state index < -0.39 is 5.92 Å². The van der Waals surface area contributed by atoms with Crippen LogP contribution in [0.1, 0.15) is 13.8 Å². The van der Waals surface area contributed by atoms with Crippen molar-refractivity contribution in [1.82, 2.24) is 0 Å². The predicted octanol–water partition coefficient (Wildman–Crippen LogP) is 0.0888. The van der Waals surface area contributed by atoms with Crippen molar-refractivity contribution >= 4 is 11.7 Å². The molecular formula is C6H13N4.